The maximum atomic E-state index is 10.5. The van der Waals surface area contributed by atoms with Crippen LogP contribution in [0.2, 0.25) is 0 Å². The topological polar surface area (TPSA) is 20.2 Å². The average molecular weight is 244 g/mol. The first-order valence-corrected chi connectivity index (χ1v) is 7.22. The summed E-state index contributed by atoms with van der Waals surface area (Å²) in [6.45, 7) is 6.56. The molecule has 0 radical (unpaired) electrons. The van der Waals surface area contributed by atoms with Crippen molar-refractivity contribution in [3.05, 3.63) is 34.9 Å². The lowest BCUT2D eigenvalue weighted by molar-refractivity contribution is 0.0355. The van der Waals surface area contributed by atoms with Crippen LogP contribution in [0.3, 0.4) is 0 Å². The number of hydrogen-bond donors (Lipinski definition) is 1. The van der Waals surface area contributed by atoms with Crippen LogP contribution in [0.25, 0.3) is 0 Å². The van der Waals surface area contributed by atoms with Gasteiger partial charge in [0.05, 0.1) is 5.60 Å². The Kier molecular flexibility index (Phi) is 2.60. The monoisotopic (exact) mass is 244 g/mol. The molecule has 2 aliphatic rings. The van der Waals surface area contributed by atoms with Gasteiger partial charge in [0.25, 0.3) is 0 Å². The summed E-state index contributed by atoms with van der Waals surface area (Å²) in [6.07, 6.45) is 5.34. The Morgan fingerprint density at radius 2 is 1.94 bits per heavy atom. The van der Waals surface area contributed by atoms with E-state index in [2.05, 4.69) is 32.0 Å². The third kappa shape index (κ3) is 2.09. The molecule has 0 saturated heterocycles. The summed E-state index contributed by atoms with van der Waals surface area (Å²) in [7, 11) is 0. The van der Waals surface area contributed by atoms with E-state index in [4.69, 9.17) is 0 Å². The van der Waals surface area contributed by atoms with Crippen LogP contribution in [-0.2, 0) is 6.42 Å². The minimum atomic E-state index is -0.485. The lowest BCUT2D eigenvalue weighted by Crippen LogP contribution is -2.25. The molecular formula is C17H24O. The van der Waals surface area contributed by atoms with E-state index in [9.17, 15) is 5.11 Å². The second-order valence-electron chi connectivity index (χ2n) is 7.11. The van der Waals surface area contributed by atoms with E-state index >= 15 is 0 Å². The lowest BCUT2D eigenvalue weighted by atomic mass is 9.89. The summed E-state index contributed by atoms with van der Waals surface area (Å²) in [5.41, 5.74) is 4.33. The van der Waals surface area contributed by atoms with Crippen molar-refractivity contribution in [3.8, 4) is 0 Å². The van der Waals surface area contributed by atoms with Crippen molar-refractivity contribution in [1.29, 1.82) is 0 Å². The van der Waals surface area contributed by atoms with Crippen LogP contribution in [0.4, 0.5) is 0 Å². The Hall–Kier alpha value is -0.820. The van der Waals surface area contributed by atoms with E-state index in [1.807, 2.05) is 6.92 Å². The van der Waals surface area contributed by atoms with Gasteiger partial charge >= 0.3 is 0 Å². The molecule has 0 unspecified atom stereocenters. The quantitative estimate of drug-likeness (QED) is 0.732. The predicted molar refractivity (Wildman–Crippen MR) is 74.8 cm³/mol. The Labute approximate surface area is 110 Å². The molecule has 1 N–H and O–H groups in total. The van der Waals surface area contributed by atoms with Gasteiger partial charge in [-0.25, -0.2) is 0 Å². The van der Waals surface area contributed by atoms with Gasteiger partial charge in [-0.15, -0.1) is 0 Å². The Bertz CT molecular complexity index is 474. The Morgan fingerprint density at radius 1 is 1.17 bits per heavy atom. The van der Waals surface area contributed by atoms with Gasteiger partial charge in [-0.1, -0.05) is 30.7 Å². The molecule has 1 fully saturated rings. The molecule has 1 saturated carbocycles. The van der Waals surface area contributed by atoms with Crippen LogP contribution in [0.5, 0.6) is 0 Å². The van der Waals surface area contributed by atoms with Gasteiger partial charge in [0.1, 0.15) is 0 Å². The van der Waals surface area contributed by atoms with Crippen LogP contribution in [0, 0.1) is 12.3 Å². The molecule has 3 atom stereocenters. The molecule has 1 aromatic carbocycles. The summed E-state index contributed by atoms with van der Waals surface area (Å²) < 4.78 is 0. The standard InChI is InChI=1S/C17H24O/c1-12-4-5-14-13(10-12)6-7-17(3,18)9-8-16(2)11-15(14)16/h4-5,10,15,18H,6-9,11H2,1-3H3/t15-,16+,17+/m0/s1. The molecule has 1 heteroatoms. The summed E-state index contributed by atoms with van der Waals surface area (Å²) in [5, 5.41) is 10.5. The molecule has 1 nitrogen and oxygen atoms in total. The SMILES string of the molecule is Cc1ccc2c(c1)CC[C@@](C)(O)CC[C@]1(C)C[C@@H]21. The second-order valence-corrected chi connectivity index (χ2v) is 7.11. The minimum Gasteiger partial charge on any atom is -0.390 e. The molecule has 0 heterocycles. The minimum absolute atomic E-state index is 0.443. The highest BCUT2D eigenvalue weighted by Crippen LogP contribution is 2.63. The molecule has 0 spiro atoms. The normalized spacial score (nSPS) is 39.0. The fraction of sp³-hybridized carbons (Fsp3) is 0.647. The smallest absolute Gasteiger partial charge is 0.0623 e. The zero-order valence-electron chi connectivity index (χ0n) is 11.8. The molecule has 0 amide bonds. The Balaban J connectivity index is 2.00. The van der Waals surface area contributed by atoms with Crippen LogP contribution in [-0.4, -0.2) is 10.7 Å². The molecular weight excluding hydrogens is 220 g/mol. The predicted octanol–water partition coefficient (Wildman–Crippen LogP) is 3.97. The van der Waals surface area contributed by atoms with Crippen molar-refractivity contribution in [3.63, 3.8) is 0 Å². The number of rotatable bonds is 0. The number of fused-ring (bicyclic) bond motifs is 3. The maximum Gasteiger partial charge on any atom is 0.0623 e. The molecule has 0 aliphatic heterocycles. The van der Waals surface area contributed by atoms with E-state index in [1.54, 1.807) is 5.56 Å². The fourth-order valence-corrected chi connectivity index (χ4v) is 3.54. The van der Waals surface area contributed by atoms with Crippen molar-refractivity contribution in [2.45, 2.75) is 64.4 Å². The maximum absolute atomic E-state index is 10.5. The van der Waals surface area contributed by atoms with E-state index in [0.29, 0.717) is 5.41 Å². The largest absolute Gasteiger partial charge is 0.390 e. The molecule has 98 valence electrons. The summed E-state index contributed by atoms with van der Waals surface area (Å²) in [6, 6.07) is 6.91. The van der Waals surface area contributed by atoms with Gasteiger partial charge in [0.2, 0.25) is 0 Å². The van der Waals surface area contributed by atoms with Crippen LogP contribution in [0.15, 0.2) is 18.2 Å². The van der Waals surface area contributed by atoms with Gasteiger partial charge in [0.15, 0.2) is 0 Å². The van der Waals surface area contributed by atoms with E-state index < -0.39 is 5.60 Å². The number of hydrogen-bond acceptors (Lipinski definition) is 1. The van der Waals surface area contributed by atoms with Crippen molar-refractivity contribution < 1.29 is 5.11 Å². The first-order valence-electron chi connectivity index (χ1n) is 7.22. The van der Waals surface area contributed by atoms with Crippen molar-refractivity contribution in [2.75, 3.05) is 0 Å². The summed E-state index contributed by atoms with van der Waals surface area (Å²) in [5.74, 6) is 0.738. The molecule has 2 aliphatic carbocycles. The molecule has 3 rings (SSSR count). The third-order valence-electron chi connectivity index (χ3n) is 5.19. The van der Waals surface area contributed by atoms with Gasteiger partial charge in [-0.05, 0) is 68.4 Å². The highest BCUT2D eigenvalue weighted by molar-refractivity contribution is 5.39. The second kappa shape index (κ2) is 3.84. The number of aliphatic hydroxyl groups is 1. The van der Waals surface area contributed by atoms with Crippen LogP contribution >= 0.6 is 0 Å². The number of aryl methyl sites for hydroxylation is 2. The fourth-order valence-electron chi connectivity index (χ4n) is 3.54. The summed E-state index contributed by atoms with van der Waals surface area (Å²) in [4.78, 5) is 0. The van der Waals surface area contributed by atoms with Gasteiger partial charge in [-0.2, -0.15) is 0 Å². The Morgan fingerprint density at radius 3 is 2.72 bits per heavy atom. The van der Waals surface area contributed by atoms with Crippen molar-refractivity contribution in [2.24, 2.45) is 5.41 Å². The first kappa shape index (κ1) is 12.2. The van der Waals surface area contributed by atoms with E-state index in [-0.39, 0.29) is 0 Å². The zero-order chi connectivity index (χ0) is 13.0. The molecule has 1 aromatic rings. The van der Waals surface area contributed by atoms with Crippen molar-refractivity contribution in [1.82, 2.24) is 0 Å². The third-order valence-corrected chi connectivity index (χ3v) is 5.19. The molecule has 0 bridgehead atoms. The van der Waals surface area contributed by atoms with E-state index in [1.165, 1.54) is 17.5 Å². The highest BCUT2D eigenvalue weighted by Gasteiger charge is 2.51. The first-order chi connectivity index (χ1) is 8.40. The number of benzene rings is 1. The molecule has 0 aromatic heterocycles. The van der Waals surface area contributed by atoms with Crippen molar-refractivity contribution >= 4 is 0 Å². The highest BCUT2D eigenvalue weighted by atomic mass is 16.3. The van der Waals surface area contributed by atoms with Crippen LogP contribution < -0.4 is 0 Å². The molecule has 18 heavy (non-hydrogen) atoms. The van der Waals surface area contributed by atoms with Gasteiger partial charge in [0, 0.05) is 0 Å². The van der Waals surface area contributed by atoms with Gasteiger partial charge in [-0.3, -0.25) is 0 Å². The average Bonchev–Trinajstić information content (AvgIpc) is 2.96. The zero-order valence-corrected chi connectivity index (χ0v) is 11.8. The lowest BCUT2D eigenvalue weighted by Gasteiger charge is -2.24. The summed E-state index contributed by atoms with van der Waals surface area (Å²) >= 11 is 0. The van der Waals surface area contributed by atoms with Gasteiger partial charge < -0.3 is 5.11 Å². The van der Waals surface area contributed by atoms with E-state index in [0.717, 1.165) is 31.6 Å². The van der Waals surface area contributed by atoms with Crippen LogP contribution in [0.1, 0.15) is 62.1 Å².